The first-order valence-corrected chi connectivity index (χ1v) is 6.53. The van der Waals surface area contributed by atoms with Gasteiger partial charge in [-0.3, -0.25) is 4.57 Å². The van der Waals surface area contributed by atoms with E-state index in [1.165, 1.54) is 24.2 Å². The van der Waals surface area contributed by atoms with Crippen LogP contribution >= 0.6 is 0 Å². The van der Waals surface area contributed by atoms with Crippen LogP contribution < -0.4 is 5.73 Å². The third-order valence-corrected chi connectivity index (χ3v) is 3.64. The molecule has 0 spiro atoms. The molecule has 1 aromatic carbocycles. The van der Waals surface area contributed by atoms with Crippen LogP contribution in [0.1, 0.15) is 24.2 Å². The quantitative estimate of drug-likeness (QED) is 0.677. The number of nitrogens with two attached hydrogens (primary N) is 1. The minimum atomic E-state index is 0.580. The Kier molecular flexibility index (Phi) is 2.15. The molecule has 0 atom stereocenters. The highest BCUT2D eigenvalue weighted by Gasteiger charge is 2.18. The van der Waals surface area contributed by atoms with Crippen molar-refractivity contribution < 1.29 is 4.42 Å². The van der Waals surface area contributed by atoms with Crippen molar-refractivity contribution in [2.75, 3.05) is 5.73 Å². The summed E-state index contributed by atoms with van der Waals surface area (Å²) in [5.74, 6) is 0. The normalized spacial score (nSPS) is 14.7. The lowest BCUT2D eigenvalue weighted by atomic mass is 10.0. The highest BCUT2D eigenvalue weighted by molar-refractivity contribution is 5.77. The standard InChI is InChI=1S/C14H14N4O/c15-9-5-6-13-11(7-9)17-14(19-13)18-8-16-10-3-1-2-4-12(10)18/h5-8H,1-4,15H2. The SMILES string of the molecule is Nc1ccc2oc(-n3cnc4c3CCCC4)nc2c1. The van der Waals surface area contributed by atoms with Crippen LogP contribution in [0.25, 0.3) is 17.1 Å². The Hall–Kier alpha value is -2.30. The fourth-order valence-electron chi connectivity index (χ4n) is 2.67. The van der Waals surface area contributed by atoms with E-state index >= 15 is 0 Å². The van der Waals surface area contributed by atoms with E-state index in [4.69, 9.17) is 10.2 Å². The van der Waals surface area contributed by atoms with E-state index in [1.54, 1.807) is 0 Å². The number of imidazole rings is 1. The van der Waals surface area contributed by atoms with Crippen LogP contribution in [0.2, 0.25) is 0 Å². The average Bonchev–Trinajstić information content (AvgIpc) is 3.00. The van der Waals surface area contributed by atoms with Gasteiger partial charge in [-0.2, -0.15) is 4.98 Å². The van der Waals surface area contributed by atoms with Crippen LogP contribution in [0.4, 0.5) is 5.69 Å². The maximum Gasteiger partial charge on any atom is 0.308 e. The zero-order chi connectivity index (χ0) is 12.8. The number of nitrogens with zero attached hydrogens (tertiary/aromatic N) is 3. The van der Waals surface area contributed by atoms with E-state index in [-0.39, 0.29) is 0 Å². The molecule has 0 saturated carbocycles. The van der Waals surface area contributed by atoms with E-state index in [9.17, 15) is 0 Å². The molecule has 0 radical (unpaired) electrons. The highest BCUT2D eigenvalue weighted by atomic mass is 16.4. The Bertz CT molecular complexity index is 756. The Labute approximate surface area is 110 Å². The van der Waals surface area contributed by atoms with Crippen molar-refractivity contribution in [3.05, 3.63) is 35.9 Å². The molecule has 2 aromatic heterocycles. The van der Waals surface area contributed by atoms with Crippen LogP contribution in [0.5, 0.6) is 0 Å². The summed E-state index contributed by atoms with van der Waals surface area (Å²) in [4.78, 5) is 8.96. The van der Waals surface area contributed by atoms with Crippen molar-refractivity contribution in [3.8, 4) is 6.01 Å². The van der Waals surface area contributed by atoms with E-state index in [0.29, 0.717) is 11.7 Å². The predicted molar refractivity (Wildman–Crippen MR) is 72.2 cm³/mol. The van der Waals surface area contributed by atoms with Gasteiger partial charge < -0.3 is 10.2 Å². The summed E-state index contributed by atoms with van der Waals surface area (Å²) >= 11 is 0. The number of aryl methyl sites for hydroxylation is 1. The van der Waals surface area contributed by atoms with Gasteiger partial charge in [-0.15, -0.1) is 0 Å². The van der Waals surface area contributed by atoms with Gasteiger partial charge in [-0.25, -0.2) is 4.98 Å². The second-order valence-electron chi connectivity index (χ2n) is 4.94. The van der Waals surface area contributed by atoms with Crippen LogP contribution in [0, 0.1) is 0 Å². The number of hydrogen-bond acceptors (Lipinski definition) is 4. The number of anilines is 1. The maximum atomic E-state index is 5.79. The molecule has 96 valence electrons. The summed E-state index contributed by atoms with van der Waals surface area (Å²) in [5, 5.41) is 0. The van der Waals surface area contributed by atoms with Crippen molar-refractivity contribution in [1.82, 2.24) is 14.5 Å². The van der Waals surface area contributed by atoms with E-state index in [2.05, 4.69) is 9.97 Å². The van der Waals surface area contributed by atoms with Gasteiger partial charge in [-0.1, -0.05) is 0 Å². The van der Waals surface area contributed by atoms with Gasteiger partial charge in [0, 0.05) is 5.69 Å². The fraction of sp³-hybridized carbons (Fsp3) is 0.286. The van der Waals surface area contributed by atoms with Gasteiger partial charge in [0.15, 0.2) is 5.58 Å². The van der Waals surface area contributed by atoms with Crippen molar-refractivity contribution in [2.45, 2.75) is 25.7 Å². The molecular weight excluding hydrogens is 240 g/mol. The number of hydrogen-bond donors (Lipinski definition) is 1. The molecule has 5 nitrogen and oxygen atoms in total. The number of aromatic nitrogens is 3. The lowest BCUT2D eigenvalue weighted by molar-refractivity contribution is 0.548. The molecule has 0 saturated heterocycles. The van der Waals surface area contributed by atoms with Gasteiger partial charge in [0.2, 0.25) is 0 Å². The van der Waals surface area contributed by atoms with Crippen molar-refractivity contribution in [3.63, 3.8) is 0 Å². The zero-order valence-corrected chi connectivity index (χ0v) is 10.5. The first-order chi connectivity index (χ1) is 9.31. The van der Waals surface area contributed by atoms with Gasteiger partial charge in [0.25, 0.3) is 0 Å². The van der Waals surface area contributed by atoms with Gasteiger partial charge >= 0.3 is 6.01 Å². The lowest BCUT2D eigenvalue weighted by Gasteiger charge is -2.11. The van der Waals surface area contributed by atoms with E-state index < -0.39 is 0 Å². The Morgan fingerprint density at radius 1 is 1.21 bits per heavy atom. The van der Waals surface area contributed by atoms with Gasteiger partial charge in [0.1, 0.15) is 11.8 Å². The molecule has 0 bridgehead atoms. The average molecular weight is 254 g/mol. The molecular formula is C14H14N4O. The summed E-state index contributed by atoms with van der Waals surface area (Å²) in [6, 6.07) is 6.08. The summed E-state index contributed by atoms with van der Waals surface area (Å²) in [7, 11) is 0. The van der Waals surface area contributed by atoms with Crippen LogP contribution in [-0.2, 0) is 12.8 Å². The molecule has 0 fully saturated rings. The number of fused-ring (bicyclic) bond motifs is 2. The molecule has 4 rings (SSSR count). The smallest absolute Gasteiger partial charge is 0.308 e. The molecule has 1 aliphatic carbocycles. The van der Waals surface area contributed by atoms with Crippen molar-refractivity contribution >= 4 is 16.8 Å². The van der Waals surface area contributed by atoms with Gasteiger partial charge in [-0.05, 0) is 43.9 Å². The minimum absolute atomic E-state index is 0.580. The molecule has 0 aliphatic heterocycles. The van der Waals surface area contributed by atoms with E-state index in [1.807, 2.05) is 29.1 Å². The summed E-state index contributed by atoms with van der Waals surface area (Å²) in [5.41, 5.74) is 10.4. The van der Waals surface area contributed by atoms with Crippen molar-refractivity contribution in [2.24, 2.45) is 0 Å². The molecule has 1 aliphatic rings. The minimum Gasteiger partial charge on any atom is -0.423 e. The Balaban J connectivity index is 1.88. The zero-order valence-electron chi connectivity index (χ0n) is 10.5. The first-order valence-electron chi connectivity index (χ1n) is 6.53. The number of benzene rings is 1. The second-order valence-corrected chi connectivity index (χ2v) is 4.94. The lowest BCUT2D eigenvalue weighted by Crippen LogP contribution is -2.06. The van der Waals surface area contributed by atoms with E-state index in [0.717, 1.165) is 23.9 Å². The third kappa shape index (κ3) is 1.62. The number of oxazole rings is 1. The predicted octanol–water partition coefficient (Wildman–Crippen LogP) is 2.47. The molecule has 2 N–H and O–H groups in total. The monoisotopic (exact) mass is 254 g/mol. The molecule has 19 heavy (non-hydrogen) atoms. The fourth-order valence-corrected chi connectivity index (χ4v) is 2.67. The summed E-state index contributed by atoms with van der Waals surface area (Å²) in [6.07, 6.45) is 6.32. The summed E-state index contributed by atoms with van der Waals surface area (Å²) in [6.45, 7) is 0. The molecule has 3 aromatic rings. The highest BCUT2D eigenvalue weighted by Crippen LogP contribution is 2.25. The molecule has 2 heterocycles. The van der Waals surface area contributed by atoms with Crippen LogP contribution in [0.3, 0.4) is 0 Å². The Morgan fingerprint density at radius 2 is 2.11 bits per heavy atom. The second kappa shape index (κ2) is 3.85. The third-order valence-electron chi connectivity index (χ3n) is 3.64. The largest absolute Gasteiger partial charge is 0.423 e. The Morgan fingerprint density at radius 3 is 3.05 bits per heavy atom. The number of nitrogen functional groups attached to an aromatic ring is 1. The van der Waals surface area contributed by atoms with Crippen LogP contribution in [-0.4, -0.2) is 14.5 Å². The number of rotatable bonds is 1. The molecule has 5 heteroatoms. The van der Waals surface area contributed by atoms with Crippen molar-refractivity contribution in [1.29, 1.82) is 0 Å². The van der Waals surface area contributed by atoms with Crippen LogP contribution in [0.15, 0.2) is 28.9 Å². The summed E-state index contributed by atoms with van der Waals surface area (Å²) < 4.78 is 7.75. The molecule has 0 amide bonds. The maximum absolute atomic E-state index is 5.79. The first kappa shape index (κ1) is 10.6. The van der Waals surface area contributed by atoms with Gasteiger partial charge in [0.05, 0.1) is 11.4 Å². The topological polar surface area (TPSA) is 69.9 Å². The molecule has 0 unspecified atom stereocenters.